The minimum atomic E-state index is -2.79. The quantitative estimate of drug-likeness (QED) is 0.0530. The molecule has 0 radical (unpaired) electrons. The van der Waals surface area contributed by atoms with Gasteiger partial charge in [-0.25, -0.2) is 109 Å². The summed E-state index contributed by atoms with van der Waals surface area (Å²) in [4.78, 5) is 24.4. The van der Waals surface area contributed by atoms with Crippen molar-refractivity contribution >= 4 is 66.2 Å². The fourth-order valence-electron chi connectivity index (χ4n) is 8.52. The number of hydrogen-bond donors (Lipinski definition) is 0. The van der Waals surface area contributed by atoms with Gasteiger partial charge in [-0.3, -0.25) is 0 Å². The summed E-state index contributed by atoms with van der Waals surface area (Å²) in [6.07, 6.45) is 0. The second kappa shape index (κ2) is 17.3. The zero-order valence-electron chi connectivity index (χ0n) is 36.2. The summed E-state index contributed by atoms with van der Waals surface area (Å²) >= 11 is 0. The Morgan fingerprint density at radius 3 is 0.462 bits per heavy atom. The molecular weight excluding hydrogens is 1090 g/mol. The lowest BCUT2D eigenvalue weighted by Gasteiger charge is -2.17. The normalized spacial score (nSPS) is 11.4. The van der Waals surface area contributed by atoms with E-state index in [0.29, 0.717) is 0 Å². The predicted molar refractivity (Wildman–Crippen MR) is 222 cm³/mol. The first kappa shape index (κ1) is 50.5. The number of rotatable bonds is 3. The van der Waals surface area contributed by atoms with Crippen LogP contribution in [0.5, 0.6) is 0 Å². The first-order chi connectivity index (χ1) is 37.0. The third-order valence-corrected chi connectivity index (χ3v) is 11.9. The summed E-state index contributed by atoms with van der Waals surface area (Å²) in [5.41, 5.74) is -35.3. The molecule has 3 heterocycles. The Morgan fingerprint density at radius 2 is 0.308 bits per heavy atom. The molecule has 3 aromatic heterocycles. The monoisotopic (exact) mass is 1090 g/mol. The lowest BCUT2D eigenvalue weighted by molar-refractivity contribution is 0.381. The molecule has 10 rings (SSSR count). The Kier molecular flexibility index (Phi) is 11.2. The van der Waals surface area contributed by atoms with Crippen molar-refractivity contribution in [2.75, 3.05) is 0 Å². The molecule has 0 aliphatic carbocycles. The molecule has 10 aromatic rings. The summed E-state index contributed by atoms with van der Waals surface area (Å²) in [5, 5.41) is 61.9. The van der Waals surface area contributed by atoms with Gasteiger partial charge in [0.15, 0.2) is 87.3 Å². The molecule has 0 aliphatic heterocycles. The minimum Gasteiger partial charge on any atom is -0.241 e. The van der Waals surface area contributed by atoms with Gasteiger partial charge in [-0.2, -0.15) is 31.6 Å². The Hall–Kier alpha value is -11.0. The van der Waals surface area contributed by atoms with Crippen LogP contribution in [-0.4, -0.2) is 29.9 Å². The maximum atomic E-state index is 16.6. The van der Waals surface area contributed by atoms with E-state index in [2.05, 4.69) is 29.9 Å². The number of benzene rings is 7. The second-order valence-electron chi connectivity index (χ2n) is 15.7. The van der Waals surface area contributed by atoms with Crippen LogP contribution in [0.2, 0.25) is 0 Å². The van der Waals surface area contributed by atoms with Gasteiger partial charge >= 0.3 is 0 Å². The highest BCUT2D eigenvalue weighted by atomic mass is 19.2. The number of nitriles is 6. The smallest absolute Gasteiger partial charge is 0.200 e. The number of halogens is 18. The highest BCUT2D eigenvalue weighted by Crippen LogP contribution is 2.46. The van der Waals surface area contributed by atoms with Gasteiger partial charge in [0, 0.05) is 16.7 Å². The molecule has 0 unspecified atom stereocenters. The van der Waals surface area contributed by atoms with Crippen LogP contribution in [0, 0.1) is 173 Å². The number of nitrogens with zero attached hydrogens (tertiary/aromatic N) is 12. The van der Waals surface area contributed by atoms with E-state index >= 15 is 39.5 Å². The van der Waals surface area contributed by atoms with Crippen LogP contribution in [0.25, 0.3) is 99.6 Å². The second-order valence-corrected chi connectivity index (χ2v) is 15.7. The average molecular weight is 1090 g/mol. The molecule has 0 fully saturated rings. The van der Waals surface area contributed by atoms with E-state index in [0.717, 1.165) is 0 Å². The standard InChI is InChI=1S/C48F18N12/c49-19-10(4-70)40-37(7(1-67)13(19)16-22(52)28(58)34(64)29(59)23(16)53)73-43-46(76-40)44-48(78-42-12(6-72)21(51)15(9(3-69)39(42)74-44)18-26(56)32(62)36(66)33(63)27(18)57)45-47(43)77-41-11(5-71)20(50)14(8(2-68)38(41)75-45)17-24(54)30(60)35(65)31(61)25(17)55. The van der Waals surface area contributed by atoms with Crippen LogP contribution in [0.1, 0.15) is 33.4 Å². The molecule has 0 spiro atoms. The van der Waals surface area contributed by atoms with Gasteiger partial charge in [0.1, 0.15) is 119 Å². The van der Waals surface area contributed by atoms with Crippen molar-refractivity contribution in [2.45, 2.75) is 0 Å². The van der Waals surface area contributed by atoms with Crippen molar-refractivity contribution in [1.82, 2.24) is 29.9 Å². The highest BCUT2D eigenvalue weighted by molar-refractivity contribution is 6.22. The largest absolute Gasteiger partial charge is 0.241 e. The van der Waals surface area contributed by atoms with Gasteiger partial charge in [-0.05, 0) is 0 Å². The van der Waals surface area contributed by atoms with Crippen LogP contribution in [0.3, 0.4) is 0 Å². The molecule has 30 heteroatoms. The molecule has 12 nitrogen and oxygen atoms in total. The van der Waals surface area contributed by atoms with E-state index in [1.165, 1.54) is 36.4 Å². The van der Waals surface area contributed by atoms with Crippen LogP contribution < -0.4 is 0 Å². The first-order valence-electron chi connectivity index (χ1n) is 20.2. The van der Waals surface area contributed by atoms with Crippen LogP contribution in [0.4, 0.5) is 79.0 Å². The molecule has 78 heavy (non-hydrogen) atoms. The third kappa shape index (κ3) is 6.34. The van der Waals surface area contributed by atoms with E-state index in [9.17, 15) is 71.1 Å². The van der Waals surface area contributed by atoms with Crippen LogP contribution in [0.15, 0.2) is 0 Å². The fourth-order valence-corrected chi connectivity index (χ4v) is 8.52. The summed E-state index contributed by atoms with van der Waals surface area (Å²) in [6.45, 7) is 0. The molecule has 0 N–H and O–H groups in total. The third-order valence-electron chi connectivity index (χ3n) is 11.9. The van der Waals surface area contributed by atoms with Gasteiger partial charge in [0.25, 0.3) is 0 Å². The Balaban J connectivity index is 1.50. The van der Waals surface area contributed by atoms with E-state index < -0.39 is 238 Å². The van der Waals surface area contributed by atoms with Gasteiger partial charge in [0.05, 0.1) is 33.4 Å². The van der Waals surface area contributed by atoms with E-state index in [1.807, 2.05) is 0 Å². The number of aromatic nitrogens is 6. The molecule has 0 atom stereocenters. The molecule has 0 saturated carbocycles. The lowest BCUT2D eigenvalue weighted by Crippen LogP contribution is -2.10. The van der Waals surface area contributed by atoms with Crippen LogP contribution in [-0.2, 0) is 0 Å². The highest BCUT2D eigenvalue weighted by Gasteiger charge is 2.38. The predicted octanol–water partition coefficient (Wildman–Crippen LogP) is 11.7. The average Bonchev–Trinajstić information content (AvgIpc) is 3.44. The van der Waals surface area contributed by atoms with Gasteiger partial charge in [-0.1, -0.05) is 0 Å². The van der Waals surface area contributed by atoms with Crippen LogP contribution >= 0.6 is 0 Å². The SMILES string of the molecule is N#Cc1c(F)c(-c2c(F)c(F)c(F)c(F)c2F)c(C#N)c2nc3c4nc5c(C#N)c(F)c(-c6c(F)c(F)c(F)c(F)c6F)c(C#N)c5nc4c4nc5c(C#N)c(F)c(-c6c(F)c(F)c(F)c(F)c6F)c(C#N)c5nc4c3nc12. The molecule has 0 amide bonds. The maximum Gasteiger partial charge on any atom is 0.200 e. The summed E-state index contributed by atoms with van der Waals surface area (Å²) in [7, 11) is 0. The van der Waals surface area contributed by atoms with Crippen molar-refractivity contribution in [3.05, 3.63) is 138 Å². The zero-order valence-corrected chi connectivity index (χ0v) is 36.2. The Morgan fingerprint density at radius 1 is 0.167 bits per heavy atom. The first-order valence-corrected chi connectivity index (χ1v) is 20.2. The summed E-state index contributed by atoms with van der Waals surface area (Å²) < 4.78 is 273. The molecular formula is C48F18N12. The topological polar surface area (TPSA) is 220 Å². The molecule has 0 saturated heterocycles. The van der Waals surface area contributed by atoms with Gasteiger partial charge in [0.2, 0.25) is 17.5 Å². The minimum absolute atomic E-state index is 1.07. The van der Waals surface area contributed by atoms with Crippen molar-refractivity contribution in [3.8, 4) is 69.8 Å². The van der Waals surface area contributed by atoms with Crippen molar-refractivity contribution in [1.29, 1.82) is 31.6 Å². The van der Waals surface area contributed by atoms with E-state index in [4.69, 9.17) is 0 Å². The molecule has 0 bridgehead atoms. The van der Waals surface area contributed by atoms with E-state index in [1.54, 1.807) is 0 Å². The summed E-state index contributed by atoms with van der Waals surface area (Å²) in [5.74, 6) is -48.1. The number of hydrogen-bond acceptors (Lipinski definition) is 12. The van der Waals surface area contributed by atoms with Crippen molar-refractivity contribution < 1.29 is 79.0 Å². The Bertz CT molecular complexity index is 4330. The lowest BCUT2D eigenvalue weighted by atomic mass is 9.93. The summed E-state index contributed by atoms with van der Waals surface area (Å²) in [6, 6.07) is 7.14. The van der Waals surface area contributed by atoms with Gasteiger partial charge in [-0.15, -0.1) is 0 Å². The molecule has 7 aromatic carbocycles. The number of fused-ring (bicyclic) bond motifs is 9. The molecule has 0 aliphatic rings. The van der Waals surface area contributed by atoms with Crippen molar-refractivity contribution in [3.63, 3.8) is 0 Å². The van der Waals surface area contributed by atoms with Crippen molar-refractivity contribution in [2.24, 2.45) is 0 Å². The van der Waals surface area contributed by atoms with Gasteiger partial charge < -0.3 is 0 Å². The van der Waals surface area contributed by atoms with E-state index in [-0.39, 0.29) is 0 Å². The fraction of sp³-hybridized carbons (Fsp3) is 0. The molecule has 378 valence electrons. The zero-order chi connectivity index (χ0) is 56.7. The maximum absolute atomic E-state index is 16.6. The Labute approximate surface area is 414 Å².